The third kappa shape index (κ3) is 4.23. The molecule has 0 radical (unpaired) electrons. The van der Waals surface area contributed by atoms with E-state index in [2.05, 4.69) is 34.6 Å². The van der Waals surface area contributed by atoms with Gasteiger partial charge in [-0.3, -0.25) is 19.2 Å². The molecule has 43 heavy (non-hydrogen) atoms. The van der Waals surface area contributed by atoms with Crippen LogP contribution in [-0.2, 0) is 33.4 Å². The SMILES string of the molecule is CC(=O)O[C@@H]1C[C@]23COC[C@@](C)([C@@H]2CC[C@H]2C3=CC(=O)[C@@]3(C)[C@H](C(=O)O)[C@@](C)([C@H](C)C(C)C)CC[C@]23C)[C@H]1OC(=O)CN. The lowest BCUT2D eigenvalue weighted by Crippen LogP contribution is -2.71. The number of carbonyl (C=O) groups excluding carboxylic acids is 3. The van der Waals surface area contributed by atoms with E-state index in [-0.39, 0.29) is 36.0 Å². The van der Waals surface area contributed by atoms with Crippen LogP contribution >= 0.6 is 0 Å². The van der Waals surface area contributed by atoms with E-state index < -0.39 is 63.1 Å². The number of carboxylic acid groups (broad SMARTS) is 1. The Morgan fingerprint density at radius 3 is 2.33 bits per heavy atom. The topological polar surface area (TPSA) is 142 Å². The lowest BCUT2D eigenvalue weighted by Gasteiger charge is -2.70. The molecule has 3 saturated carbocycles. The van der Waals surface area contributed by atoms with Gasteiger partial charge in [-0.25, -0.2) is 0 Å². The number of ketones is 1. The monoisotopic (exact) mass is 601 g/mol. The summed E-state index contributed by atoms with van der Waals surface area (Å²) < 4.78 is 18.1. The van der Waals surface area contributed by atoms with Gasteiger partial charge in [0.1, 0.15) is 12.2 Å². The van der Waals surface area contributed by atoms with Gasteiger partial charge in [0.2, 0.25) is 0 Å². The van der Waals surface area contributed by atoms with E-state index in [1.807, 2.05) is 13.8 Å². The summed E-state index contributed by atoms with van der Waals surface area (Å²) >= 11 is 0. The van der Waals surface area contributed by atoms with Crippen molar-refractivity contribution in [1.29, 1.82) is 0 Å². The van der Waals surface area contributed by atoms with Crippen LogP contribution in [0.4, 0.5) is 0 Å². The molecule has 2 bridgehead atoms. The Kier molecular flexibility index (Phi) is 7.77. The van der Waals surface area contributed by atoms with Crippen LogP contribution in [-0.4, -0.2) is 60.8 Å². The summed E-state index contributed by atoms with van der Waals surface area (Å²) in [5.74, 6) is -2.50. The number of hydrogen-bond acceptors (Lipinski definition) is 8. The molecule has 3 N–H and O–H groups in total. The molecule has 1 saturated heterocycles. The fraction of sp³-hybridized carbons (Fsp3) is 0.824. The molecule has 5 rings (SSSR count). The first-order valence-corrected chi connectivity index (χ1v) is 16.1. The van der Waals surface area contributed by atoms with Crippen molar-refractivity contribution in [2.24, 2.45) is 62.4 Å². The van der Waals surface area contributed by atoms with Gasteiger partial charge in [0.05, 0.1) is 25.7 Å². The summed E-state index contributed by atoms with van der Waals surface area (Å²) in [7, 11) is 0. The maximum absolute atomic E-state index is 14.7. The minimum absolute atomic E-state index is 0.0180. The van der Waals surface area contributed by atoms with Gasteiger partial charge in [-0.2, -0.15) is 0 Å². The van der Waals surface area contributed by atoms with Gasteiger partial charge in [0.25, 0.3) is 0 Å². The van der Waals surface area contributed by atoms with Gasteiger partial charge in [-0.05, 0) is 72.7 Å². The maximum atomic E-state index is 14.7. The van der Waals surface area contributed by atoms with Crippen LogP contribution in [0, 0.1) is 56.7 Å². The summed E-state index contributed by atoms with van der Waals surface area (Å²) in [6.07, 6.45) is 3.76. The Morgan fingerprint density at radius 2 is 1.74 bits per heavy atom. The number of carboxylic acids is 1. The molecular formula is C34H51NO8. The van der Waals surface area contributed by atoms with Crippen LogP contribution in [0.1, 0.15) is 87.5 Å². The molecule has 0 aromatic carbocycles. The highest BCUT2D eigenvalue weighted by Crippen LogP contribution is 2.74. The number of allylic oxidation sites excluding steroid dienone is 1. The largest absolute Gasteiger partial charge is 0.481 e. The second-order valence-corrected chi connectivity index (χ2v) is 15.7. The fourth-order valence-electron chi connectivity index (χ4n) is 11.1. The molecule has 11 atom stereocenters. The maximum Gasteiger partial charge on any atom is 0.320 e. The number of carbonyl (C=O) groups is 4. The standard InChI is InChI=1S/C34H51NO8/c1-18(2)19(3)30(5)11-12-32(7)21-9-10-24-31(6)16-41-17-34(24,14-23(42-20(4)36)28(31)43-26(38)15-35)22(21)13-25(37)33(32,8)27(30)29(39)40/h13,18-19,21,23-24,27-28H,9-12,14-17,35H2,1-8H3,(H,39,40)/t19-,21+,23-,24+,27-,28+,30-,31+,32-,33+,34-/m1/s1. The molecule has 0 unspecified atom stereocenters. The third-order valence-corrected chi connectivity index (χ3v) is 13.7. The number of hydrogen-bond donors (Lipinski definition) is 2. The predicted octanol–water partition coefficient (Wildman–Crippen LogP) is 4.56. The summed E-state index contributed by atoms with van der Waals surface area (Å²) in [5, 5.41) is 10.8. The van der Waals surface area contributed by atoms with Gasteiger partial charge in [0, 0.05) is 23.2 Å². The van der Waals surface area contributed by atoms with Gasteiger partial charge in [-0.15, -0.1) is 0 Å². The van der Waals surface area contributed by atoms with Crippen LogP contribution in [0.15, 0.2) is 11.6 Å². The highest BCUT2D eigenvalue weighted by Gasteiger charge is 2.74. The van der Waals surface area contributed by atoms with Crippen LogP contribution in [0.2, 0.25) is 0 Å². The summed E-state index contributed by atoms with van der Waals surface area (Å²) in [4.78, 5) is 52.7. The van der Waals surface area contributed by atoms with E-state index >= 15 is 0 Å². The van der Waals surface area contributed by atoms with Crippen LogP contribution < -0.4 is 5.73 Å². The molecule has 1 heterocycles. The minimum atomic E-state index is -1.09. The number of esters is 2. The summed E-state index contributed by atoms with van der Waals surface area (Å²) in [5.41, 5.74) is 3.14. The second-order valence-electron chi connectivity index (χ2n) is 15.7. The zero-order valence-corrected chi connectivity index (χ0v) is 27.2. The Hall–Kier alpha value is -2.26. The van der Waals surface area contributed by atoms with Gasteiger partial charge < -0.3 is 25.1 Å². The van der Waals surface area contributed by atoms with Gasteiger partial charge in [0.15, 0.2) is 5.78 Å². The second kappa shape index (κ2) is 10.4. The van der Waals surface area contributed by atoms with E-state index in [9.17, 15) is 24.3 Å². The third-order valence-electron chi connectivity index (χ3n) is 13.7. The van der Waals surface area contributed by atoms with E-state index in [1.165, 1.54) is 6.92 Å². The molecule has 5 aliphatic rings. The smallest absolute Gasteiger partial charge is 0.320 e. The molecule has 0 spiro atoms. The van der Waals surface area contributed by atoms with Crippen molar-refractivity contribution in [1.82, 2.24) is 0 Å². The van der Waals surface area contributed by atoms with E-state index in [4.69, 9.17) is 19.9 Å². The first-order valence-electron chi connectivity index (χ1n) is 16.1. The lowest BCUT2D eigenvalue weighted by molar-refractivity contribution is -0.261. The van der Waals surface area contributed by atoms with Crippen molar-refractivity contribution in [3.63, 3.8) is 0 Å². The fourth-order valence-corrected chi connectivity index (χ4v) is 11.1. The highest BCUT2D eigenvalue weighted by molar-refractivity contribution is 6.00. The number of aliphatic carboxylic acids is 1. The molecule has 4 fully saturated rings. The zero-order chi connectivity index (χ0) is 31.9. The van der Waals surface area contributed by atoms with Crippen molar-refractivity contribution in [3.05, 3.63) is 11.6 Å². The molecule has 1 aliphatic heterocycles. The number of rotatable bonds is 6. The van der Waals surface area contributed by atoms with Crippen molar-refractivity contribution >= 4 is 23.7 Å². The first-order chi connectivity index (χ1) is 19.9. The Morgan fingerprint density at radius 1 is 1.07 bits per heavy atom. The van der Waals surface area contributed by atoms with E-state index in [0.717, 1.165) is 31.3 Å². The predicted molar refractivity (Wildman–Crippen MR) is 158 cm³/mol. The number of nitrogens with two attached hydrogens (primary N) is 1. The van der Waals surface area contributed by atoms with Gasteiger partial charge >= 0.3 is 17.9 Å². The molecular weight excluding hydrogens is 550 g/mol. The van der Waals surface area contributed by atoms with Gasteiger partial charge in [-0.1, -0.05) is 54.0 Å². The van der Waals surface area contributed by atoms with Crippen LogP contribution in [0.3, 0.4) is 0 Å². The molecule has 4 aliphatic carbocycles. The molecule has 0 aromatic heterocycles. The Balaban J connectivity index is 1.66. The molecule has 9 nitrogen and oxygen atoms in total. The van der Waals surface area contributed by atoms with Crippen LogP contribution in [0.25, 0.3) is 0 Å². The average Bonchev–Trinajstić information content (AvgIpc) is 2.91. The van der Waals surface area contributed by atoms with Crippen molar-refractivity contribution in [2.75, 3.05) is 19.8 Å². The molecule has 0 amide bonds. The normalized spacial score (nSPS) is 46.0. The molecule has 0 aromatic rings. The van der Waals surface area contributed by atoms with Crippen molar-refractivity contribution in [3.8, 4) is 0 Å². The average molecular weight is 602 g/mol. The number of ether oxygens (including phenoxy) is 3. The van der Waals surface area contributed by atoms with Crippen molar-refractivity contribution < 1.29 is 38.5 Å². The minimum Gasteiger partial charge on any atom is -0.481 e. The molecule has 240 valence electrons. The van der Waals surface area contributed by atoms with E-state index in [1.54, 1.807) is 6.08 Å². The quantitative estimate of drug-likeness (QED) is 0.419. The van der Waals surface area contributed by atoms with Crippen molar-refractivity contribution in [2.45, 2.75) is 99.7 Å². The van der Waals surface area contributed by atoms with Crippen LogP contribution in [0.5, 0.6) is 0 Å². The summed E-state index contributed by atoms with van der Waals surface area (Å²) in [6, 6.07) is 0. The molecule has 9 heteroatoms. The first kappa shape index (κ1) is 32.1. The zero-order valence-electron chi connectivity index (χ0n) is 27.2. The Bertz CT molecular complexity index is 1240. The lowest BCUT2D eigenvalue weighted by atomic mass is 9.34. The Labute approximate surface area is 255 Å². The summed E-state index contributed by atoms with van der Waals surface area (Å²) in [6.45, 7) is 16.3. The van der Waals surface area contributed by atoms with E-state index in [0.29, 0.717) is 19.6 Å². The number of fused-ring (bicyclic) bond motifs is 3. The highest BCUT2D eigenvalue weighted by atomic mass is 16.6.